The molecule has 1 aliphatic rings. The first kappa shape index (κ1) is 14.6. The van der Waals surface area contributed by atoms with Crippen LogP contribution < -0.4 is 5.32 Å². The SMILES string of the molecule is CC1CCC(CCNCc2cccc3ccccc23)CC1. The number of nitrogens with one attached hydrogen (secondary N) is 1. The lowest BCUT2D eigenvalue weighted by Gasteiger charge is -2.26. The lowest BCUT2D eigenvalue weighted by Crippen LogP contribution is -2.20. The maximum Gasteiger partial charge on any atom is 0.0211 e. The highest BCUT2D eigenvalue weighted by atomic mass is 14.8. The molecule has 3 rings (SSSR count). The van der Waals surface area contributed by atoms with Gasteiger partial charge in [-0.2, -0.15) is 0 Å². The Hall–Kier alpha value is -1.34. The van der Waals surface area contributed by atoms with Gasteiger partial charge in [-0.25, -0.2) is 0 Å². The maximum absolute atomic E-state index is 3.65. The quantitative estimate of drug-likeness (QED) is 0.748. The second-order valence-corrected chi connectivity index (χ2v) is 6.73. The minimum atomic E-state index is 0.959. The fraction of sp³-hybridized carbons (Fsp3) is 0.500. The summed E-state index contributed by atoms with van der Waals surface area (Å²) in [6.45, 7) is 4.54. The van der Waals surface area contributed by atoms with Crippen molar-refractivity contribution in [2.24, 2.45) is 11.8 Å². The molecule has 21 heavy (non-hydrogen) atoms. The van der Waals surface area contributed by atoms with E-state index < -0.39 is 0 Å². The van der Waals surface area contributed by atoms with E-state index in [0.29, 0.717) is 0 Å². The summed E-state index contributed by atoms with van der Waals surface area (Å²) in [6.07, 6.45) is 7.10. The van der Waals surface area contributed by atoms with E-state index in [-0.39, 0.29) is 0 Å². The zero-order valence-electron chi connectivity index (χ0n) is 13.1. The van der Waals surface area contributed by atoms with Gasteiger partial charge in [0.05, 0.1) is 0 Å². The summed E-state index contributed by atoms with van der Waals surface area (Å²) in [6, 6.07) is 15.3. The number of rotatable bonds is 5. The Bertz CT molecular complexity index is 562. The molecule has 0 radical (unpaired) electrons. The van der Waals surface area contributed by atoms with E-state index in [1.165, 1.54) is 48.4 Å². The molecule has 0 aromatic heterocycles. The van der Waals surface area contributed by atoms with Gasteiger partial charge in [-0.1, -0.05) is 75.1 Å². The minimum Gasteiger partial charge on any atom is -0.313 e. The van der Waals surface area contributed by atoms with Crippen molar-refractivity contribution in [3.8, 4) is 0 Å². The third-order valence-electron chi connectivity index (χ3n) is 5.06. The normalized spacial score (nSPS) is 22.5. The van der Waals surface area contributed by atoms with E-state index in [1.54, 1.807) is 0 Å². The zero-order valence-corrected chi connectivity index (χ0v) is 13.1. The van der Waals surface area contributed by atoms with Crippen LogP contribution >= 0.6 is 0 Å². The second-order valence-electron chi connectivity index (χ2n) is 6.73. The van der Waals surface area contributed by atoms with Crippen molar-refractivity contribution in [1.82, 2.24) is 5.32 Å². The summed E-state index contributed by atoms with van der Waals surface area (Å²) < 4.78 is 0. The van der Waals surface area contributed by atoms with Crippen LogP contribution in [0.1, 0.15) is 44.6 Å². The van der Waals surface area contributed by atoms with Crippen molar-refractivity contribution in [2.75, 3.05) is 6.54 Å². The summed E-state index contributed by atoms with van der Waals surface area (Å²) in [7, 11) is 0. The van der Waals surface area contributed by atoms with E-state index in [2.05, 4.69) is 54.7 Å². The molecule has 0 aliphatic heterocycles. The van der Waals surface area contributed by atoms with Crippen LogP contribution in [0.4, 0.5) is 0 Å². The Labute approximate surface area is 128 Å². The van der Waals surface area contributed by atoms with Crippen LogP contribution in [0, 0.1) is 11.8 Å². The molecule has 1 aliphatic carbocycles. The van der Waals surface area contributed by atoms with Crippen molar-refractivity contribution < 1.29 is 0 Å². The molecule has 112 valence electrons. The molecule has 1 fully saturated rings. The summed E-state index contributed by atoms with van der Waals surface area (Å²) in [5, 5.41) is 6.39. The molecule has 0 atom stereocenters. The molecule has 1 saturated carbocycles. The molecule has 1 heteroatoms. The number of hydrogen-bond acceptors (Lipinski definition) is 1. The van der Waals surface area contributed by atoms with Crippen LogP contribution in [-0.4, -0.2) is 6.54 Å². The van der Waals surface area contributed by atoms with Gasteiger partial charge in [-0.3, -0.25) is 0 Å². The van der Waals surface area contributed by atoms with E-state index in [1.807, 2.05) is 0 Å². The Morgan fingerprint density at radius 2 is 1.71 bits per heavy atom. The Kier molecular flexibility index (Phi) is 4.92. The fourth-order valence-corrected chi connectivity index (χ4v) is 3.59. The highest BCUT2D eigenvalue weighted by Crippen LogP contribution is 2.30. The Morgan fingerprint density at radius 1 is 0.952 bits per heavy atom. The van der Waals surface area contributed by atoms with Gasteiger partial charge >= 0.3 is 0 Å². The van der Waals surface area contributed by atoms with Gasteiger partial charge in [0.1, 0.15) is 0 Å². The third-order valence-corrected chi connectivity index (χ3v) is 5.06. The molecule has 0 unspecified atom stereocenters. The lowest BCUT2D eigenvalue weighted by atomic mass is 9.81. The average molecular weight is 281 g/mol. The van der Waals surface area contributed by atoms with Crippen molar-refractivity contribution in [2.45, 2.75) is 45.6 Å². The number of hydrogen-bond donors (Lipinski definition) is 1. The summed E-state index contributed by atoms with van der Waals surface area (Å²) in [5.74, 6) is 1.92. The molecule has 2 aromatic carbocycles. The topological polar surface area (TPSA) is 12.0 Å². The minimum absolute atomic E-state index is 0.959. The average Bonchev–Trinajstić information content (AvgIpc) is 2.53. The largest absolute Gasteiger partial charge is 0.313 e. The van der Waals surface area contributed by atoms with E-state index >= 15 is 0 Å². The van der Waals surface area contributed by atoms with Gasteiger partial charge in [-0.15, -0.1) is 0 Å². The molecular weight excluding hydrogens is 254 g/mol. The second kappa shape index (κ2) is 7.09. The Balaban J connectivity index is 1.48. The van der Waals surface area contributed by atoms with Crippen LogP contribution in [0.2, 0.25) is 0 Å². The zero-order chi connectivity index (χ0) is 14.5. The predicted octanol–water partition coefficient (Wildman–Crippen LogP) is 5.15. The Morgan fingerprint density at radius 3 is 2.57 bits per heavy atom. The van der Waals surface area contributed by atoms with Crippen LogP contribution in [0.25, 0.3) is 10.8 Å². The van der Waals surface area contributed by atoms with Crippen LogP contribution in [0.5, 0.6) is 0 Å². The summed E-state index contributed by atoms with van der Waals surface area (Å²) in [4.78, 5) is 0. The number of fused-ring (bicyclic) bond motifs is 1. The van der Waals surface area contributed by atoms with Crippen LogP contribution in [0.15, 0.2) is 42.5 Å². The van der Waals surface area contributed by atoms with Crippen molar-refractivity contribution >= 4 is 10.8 Å². The van der Waals surface area contributed by atoms with Crippen LogP contribution in [0.3, 0.4) is 0 Å². The van der Waals surface area contributed by atoms with E-state index in [0.717, 1.165) is 24.9 Å². The first-order chi connectivity index (χ1) is 10.3. The maximum atomic E-state index is 3.65. The third kappa shape index (κ3) is 3.85. The highest BCUT2D eigenvalue weighted by Gasteiger charge is 2.17. The summed E-state index contributed by atoms with van der Waals surface area (Å²) in [5.41, 5.74) is 1.42. The van der Waals surface area contributed by atoms with Crippen molar-refractivity contribution in [3.05, 3.63) is 48.0 Å². The van der Waals surface area contributed by atoms with Crippen molar-refractivity contribution in [1.29, 1.82) is 0 Å². The molecule has 0 bridgehead atoms. The monoisotopic (exact) mass is 281 g/mol. The first-order valence-corrected chi connectivity index (χ1v) is 8.50. The molecule has 1 N–H and O–H groups in total. The van der Waals surface area contributed by atoms with Crippen molar-refractivity contribution in [3.63, 3.8) is 0 Å². The standard InChI is InChI=1S/C20H27N/c1-16-9-11-17(12-10-16)13-14-21-15-19-7-4-6-18-5-2-3-8-20(18)19/h2-8,16-17,21H,9-15H2,1H3. The molecule has 0 saturated heterocycles. The molecule has 2 aromatic rings. The van der Waals surface area contributed by atoms with E-state index in [9.17, 15) is 0 Å². The lowest BCUT2D eigenvalue weighted by molar-refractivity contribution is 0.275. The number of benzene rings is 2. The van der Waals surface area contributed by atoms with Gasteiger partial charge < -0.3 is 5.32 Å². The highest BCUT2D eigenvalue weighted by molar-refractivity contribution is 5.85. The molecule has 0 amide bonds. The molecule has 1 nitrogen and oxygen atoms in total. The molecule has 0 heterocycles. The van der Waals surface area contributed by atoms with Gasteiger partial charge in [0.2, 0.25) is 0 Å². The smallest absolute Gasteiger partial charge is 0.0211 e. The fourth-order valence-electron chi connectivity index (χ4n) is 3.59. The van der Waals surface area contributed by atoms with E-state index in [4.69, 9.17) is 0 Å². The molecule has 0 spiro atoms. The van der Waals surface area contributed by atoms with Gasteiger partial charge in [0, 0.05) is 6.54 Å². The predicted molar refractivity (Wildman–Crippen MR) is 91.4 cm³/mol. The molecular formula is C20H27N. The van der Waals surface area contributed by atoms with Gasteiger partial charge in [0.15, 0.2) is 0 Å². The first-order valence-electron chi connectivity index (χ1n) is 8.50. The van der Waals surface area contributed by atoms with Crippen LogP contribution in [-0.2, 0) is 6.54 Å². The van der Waals surface area contributed by atoms with Gasteiger partial charge in [-0.05, 0) is 41.1 Å². The summed E-state index contributed by atoms with van der Waals surface area (Å²) >= 11 is 0. The van der Waals surface area contributed by atoms with Gasteiger partial charge in [0.25, 0.3) is 0 Å².